The van der Waals surface area contributed by atoms with Gasteiger partial charge in [0.25, 0.3) is 0 Å². The molecule has 2 amide bonds. The minimum atomic E-state index is -0.171. The maximum atomic E-state index is 11.1. The lowest BCUT2D eigenvalue weighted by Crippen LogP contribution is -2.18. The summed E-state index contributed by atoms with van der Waals surface area (Å²) in [6.07, 6.45) is 1.03. The number of aryl methyl sites for hydroxylation is 1. The van der Waals surface area contributed by atoms with E-state index in [-0.39, 0.29) is 11.8 Å². The van der Waals surface area contributed by atoms with Crippen LogP contribution < -0.4 is 10.6 Å². The maximum Gasteiger partial charge on any atom is 0.221 e. The average molecular weight is 255 g/mol. The van der Waals surface area contributed by atoms with E-state index in [0.717, 1.165) is 5.56 Å². The second kappa shape index (κ2) is 6.25. The predicted octanol–water partition coefficient (Wildman–Crippen LogP) is 1.98. The van der Waals surface area contributed by atoms with Gasteiger partial charge in [0, 0.05) is 20.4 Å². The monoisotopic (exact) mass is 254 g/mol. The van der Waals surface area contributed by atoms with Crippen LogP contribution in [0.2, 0.25) is 5.02 Å². The van der Waals surface area contributed by atoms with E-state index in [1.807, 2.05) is 6.07 Å². The predicted molar refractivity (Wildman–Crippen MR) is 68.1 cm³/mol. The summed E-state index contributed by atoms with van der Waals surface area (Å²) in [6, 6.07) is 5.34. The molecule has 0 aliphatic heterocycles. The van der Waals surface area contributed by atoms with Gasteiger partial charge in [0.15, 0.2) is 0 Å². The Morgan fingerprint density at radius 3 is 2.65 bits per heavy atom. The highest BCUT2D eigenvalue weighted by atomic mass is 35.5. The molecule has 1 aromatic rings. The van der Waals surface area contributed by atoms with Gasteiger partial charge in [-0.05, 0) is 24.1 Å². The molecule has 0 unspecified atom stereocenters. The molecular weight excluding hydrogens is 240 g/mol. The molecule has 92 valence electrons. The van der Waals surface area contributed by atoms with E-state index in [2.05, 4.69) is 10.6 Å². The zero-order valence-corrected chi connectivity index (χ0v) is 10.6. The second-order valence-corrected chi connectivity index (χ2v) is 4.08. The topological polar surface area (TPSA) is 58.2 Å². The van der Waals surface area contributed by atoms with Crippen molar-refractivity contribution in [1.29, 1.82) is 0 Å². The second-order valence-electron chi connectivity index (χ2n) is 3.67. The summed E-state index contributed by atoms with van der Waals surface area (Å²) in [5.74, 6) is -0.184. The Morgan fingerprint density at radius 1 is 1.35 bits per heavy atom. The quantitative estimate of drug-likeness (QED) is 0.863. The number of carbonyl (C=O) groups is 2. The molecule has 2 N–H and O–H groups in total. The van der Waals surface area contributed by atoms with Crippen molar-refractivity contribution >= 4 is 29.1 Å². The van der Waals surface area contributed by atoms with Crippen LogP contribution in [0.4, 0.5) is 5.69 Å². The molecule has 0 bridgehead atoms. The van der Waals surface area contributed by atoms with Crippen LogP contribution in [-0.4, -0.2) is 18.9 Å². The van der Waals surface area contributed by atoms with Crippen molar-refractivity contribution in [3.8, 4) is 0 Å². The number of rotatable bonds is 4. The van der Waals surface area contributed by atoms with Crippen molar-refractivity contribution in [2.24, 2.45) is 0 Å². The Labute approximate surface area is 105 Å². The van der Waals surface area contributed by atoms with E-state index < -0.39 is 0 Å². The molecule has 4 nitrogen and oxygen atoms in total. The molecule has 0 aromatic heterocycles. The summed E-state index contributed by atoms with van der Waals surface area (Å²) in [7, 11) is 1.60. The number of anilines is 1. The van der Waals surface area contributed by atoms with E-state index in [1.54, 1.807) is 19.2 Å². The third-order valence-electron chi connectivity index (χ3n) is 2.26. The Morgan fingerprint density at radius 2 is 2.06 bits per heavy atom. The van der Waals surface area contributed by atoms with E-state index in [0.29, 0.717) is 23.6 Å². The number of nitrogens with one attached hydrogen (secondary N) is 2. The van der Waals surface area contributed by atoms with Crippen LogP contribution in [0.25, 0.3) is 0 Å². The Kier molecular flexibility index (Phi) is 4.97. The average Bonchev–Trinajstić information content (AvgIpc) is 2.29. The molecule has 0 fully saturated rings. The molecule has 1 aromatic carbocycles. The van der Waals surface area contributed by atoms with E-state index >= 15 is 0 Å². The Hall–Kier alpha value is -1.55. The third-order valence-corrected chi connectivity index (χ3v) is 2.59. The van der Waals surface area contributed by atoms with Crippen LogP contribution in [0.1, 0.15) is 18.9 Å². The lowest BCUT2D eigenvalue weighted by molar-refractivity contribution is -0.120. The van der Waals surface area contributed by atoms with Gasteiger partial charge in [0.05, 0.1) is 10.7 Å². The molecule has 0 atom stereocenters. The van der Waals surface area contributed by atoms with Crippen molar-refractivity contribution in [2.45, 2.75) is 19.8 Å². The van der Waals surface area contributed by atoms with Gasteiger partial charge in [-0.15, -0.1) is 0 Å². The van der Waals surface area contributed by atoms with Crippen LogP contribution >= 0.6 is 11.6 Å². The van der Waals surface area contributed by atoms with Gasteiger partial charge >= 0.3 is 0 Å². The van der Waals surface area contributed by atoms with Gasteiger partial charge in [0.2, 0.25) is 11.8 Å². The van der Waals surface area contributed by atoms with Crippen LogP contribution in [0.5, 0.6) is 0 Å². The maximum absolute atomic E-state index is 11.1. The van der Waals surface area contributed by atoms with Gasteiger partial charge in [-0.1, -0.05) is 17.7 Å². The molecule has 0 spiro atoms. The molecule has 5 heteroatoms. The van der Waals surface area contributed by atoms with Crippen LogP contribution in [0.3, 0.4) is 0 Å². The Balaban J connectivity index is 2.74. The normalized spacial score (nSPS) is 9.82. The first-order valence-electron chi connectivity index (χ1n) is 5.29. The van der Waals surface area contributed by atoms with Crippen LogP contribution in [-0.2, 0) is 16.0 Å². The molecular formula is C12H15ClN2O2. The summed E-state index contributed by atoms with van der Waals surface area (Å²) in [6.45, 7) is 1.42. The van der Waals surface area contributed by atoms with Gasteiger partial charge in [0.1, 0.15) is 0 Å². The highest BCUT2D eigenvalue weighted by Gasteiger charge is 2.05. The molecule has 0 aliphatic carbocycles. The van der Waals surface area contributed by atoms with E-state index in [4.69, 9.17) is 11.6 Å². The van der Waals surface area contributed by atoms with Gasteiger partial charge < -0.3 is 10.6 Å². The number of amides is 2. The van der Waals surface area contributed by atoms with Crippen molar-refractivity contribution in [3.63, 3.8) is 0 Å². The highest BCUT2D eigenvalue weighted by molar-refractivity contribution is 6.33. The summed E-state index contributed by atoms with van der Waals surface area (Å²) >= 11 is 5.94. The lowest BCUT2D eigenvalue weighted by atomic mass is 10.1. The van der Waals surface area contributed by atoms with E-state index in [9.17, 15) is 9.59 Å². The number of carbonyl (C=O) groups excluding carboxylic acids is 2. The lowest BCUT2D eigenvalue weighted by Gasteiger charge is -2.07. The molecule has 0 heterocycles. The first kappa shape index (κ1) is 13.5. The van der Waals surface area contributed by atoms with Gasteiger partial charge in [-0.2, -0.15) is 0 Å². The molecule has 0 saturated carbocycles. The summed E-state index contributed by atoms with van der Waals surface area (Å²) < 4.78 is 0. The highest BCUT2D eigenvalue weighted by Crippen LogP contribution is 2.23. The standard InChI is InChI=1S/C12H15ClN2O2/c1-8(16)15-11-7-9(3-5-10(11)13)4-6-12(17)14-2/h3,5,7H,4,6H2,1-2H3,(H,14,17)(H,15,16). The van der Waals surface area contributed by atoms with Crippen molar-refractivity contribution in [2.75, 3.05) is 12.4 Å². The molecule has 0 saturated heterocycles. The van der Waals surface area contributed by atoms with Gasteiger partial charge in [-0.25, -0.2) is 0 Å². The fraction of sp³-hybridized carbons (Fsp3) is 0.333. The molecule has 0 aliphatic rings. The third kappa shape index (κ3) is 4.44. The van der Waals surface area contributed by atoms with Crippen LogP contribution in [0, 0.1) is 0 Å². The number of halogens is 1. The first-order valence-corrected chi connectivity index (χ1v) is 5.67. The SMILES string of the molecule is CNC(=O)CCc1ccc(Cl)c(NC(C)=O)c1. The molecule has 1 rings (SSSR count). The Bertz CT molecular complexity index is 433. The number of hydrogen-bond donors (Lipinski definition) is 2. The summed E-state index contributed by atoms with van der Waals surface area (Å²) in [5, 5.41) is 5.69. The van der Waals surface area contributed by atoms with Crippen LogP contribution in [0.15, 0.2) is 18.2 Å². The zero-order chi connectivity index (χ0) is 12.8. The summed E-state index contributed by atoms with van der Waals surface area (Å²) in [4.78, 5) is 22.1. The van der Waals surface area contributed by atoms with Crippen molar-refractivity contribution < 1.29 is 9.59 Å². The minimum Gasteiger partial charge on any atom is -0.359 e. The fourth-order valence-corrected chi connectivity index (χ4v) is 1.56. The van der Waals surface area contributed by atoms with Crippen molar-refractivity contribution in [1.82, 2.24) is 5.32 Å². The summed E-state index contributed by atoms with van der Waals surface area (Å²) in [5.41, 5.74) is 1.54. The first-order chi connectivity index (χ1) is 8.02. The van der Waals surface area contributed by atoms with Crippen molar-refractivity contribution in [3.05, 3.63) is 28.8 Å². The molecule has 0 radical (unpaired) electrons. The van der Waals surface area contributed by atoms with E-state index in [1.165, 1.54) is 6.92 Å². The fourth-order valence-electron chi connectivity index (χ4n) is 1.40. The largest absolute Gasteiger partial charge is 0.359 e. The minimum absolute atomic E-state index is 0.0129. The smallest absolute Gasteiger partial charge is 0.221 e. The molecule has 17 heavy (non-hydrogen) atoms. The number of hydrogen-bond acceptors (Lipinski definition) is 2. The van der Waals surface area contributed by atoms with Gasteiger partial charge in [-0.3, -0.25) is 9.59 Å². The number of benzene rings is 1. The zero-order valence-electron chi connectivity index (χ0n) is 9.84.